The van der Waals surface area contributed by atoms with Crippen molar-refractivity contribution in [1.82, 2.24) is 4.98 Å². The highest BCUT2D eigenvalue weighted by atomic mass is 16.5. The van der Waals surface area contributed by atoms with Crippen molar-refractivity contribution in [2.45, 2.75) is 20.5 Å². The van der Waals surface area contributed by atoms with Gasteiger partial charge in [-0.3, -0.25) is 9.78 Å². The van der Waals surface area contributed by atoms with Gasteiger partial charge in [0.15, 0.2) is 5.76 Å². The van der Waals surface area contributed by atoms with E-state index in [9.17, 15) is 4.79 Å². The number of allylic oxidation sites excluding steroid dienone is 1. The molecule has 1 aliphatic heterocycles. The van der Waals surface area contributed by atoms with E-state index in [1.807, 2.05) is 43.3 Å². The van der Waals surface area contributed by atoms with Gasteiger partial charge in [0.05, 0.1) is 5.56 Å². The number of hydrogen-bond acceptors (Lipinski definition) is 4. The van der Waals surface area contributed by atoms with Crippen LogP contribution < -0.4 is 9.47 Å². The molecule has 1 aliphatic rings. The predicted octanol–water partition coefficient (Wildman–Crippen LogP) is 4.89. The standard InChI is InChI=1S/C23H19NO3/c1-15-5-3-4-6-18(15)14-26-20-8-7-19-22(25)21(27-23(19)16(20)2)13-17-9-11-24-12-10-17/h3-13H,14H2,1-2H3/b21-13-. The minimum atomic E-state index is -0.115. The number of Topliss-reactive ketones (excluding diaryl/α,β-unsaturated/α-hetero) is 1. The van der Waals surface area contributed by atoms with Gasteiger partial charge in [0.25, 0.3) is 0 Å². The lowest BCUT2D eigenvalue weighted by Gasteiger charge is -2.12. The molecule has 0 bridgehead atoms. The third kappa shape index (κ3) is 3.34. The van der Waals surface area contributed by atoms with E-state index in [0.717, 1.165) is 22.4 Å². The summed E-state index contributed by atoms with van der Waals surface area (Å²) < 4.78 is 11.9. The monoisotopic (exact) mass is 357 g/mol. The lowest BCUT2D eigenvalue weighted by Crippen LogP contribution is -2.00. The van der Waals surface area contributed by atoms with Crippen LogP contribution in [0.4, 0.5) is 0 Å². The molecule has 0 saturated heterocycles. The number of rotatable bonds is 4. The summed E-state index contributed by atoms with van der Waals surface area (Å²) in [6.07, 6.45) is 5.10. The van der Waals surface area contributed by atoms with E-state index < -0.39 is 0 Å². The van der Waals surface area contributed by atoms with Crippen LogP contribution in [-0.4, -0.2) is 10.8 Å². The molecule has 0 amide bonds. The second kappa shape index (κ2) is 7.08. The van der Waals surface area contributed by atoms with E-state index in [1.165, 1.54) is 5.56 Å². The molecule has 0 spiro atoms. The van der Waals surface area contributed by atoms with Gasteiger partial charge in [0.1, 0.15) is 18.1 Å². The van der Waals surface area contributed by atoms with E-state index >= 15 is 0 Å². The minimum absolute atomic E-state index is 0.115. The first kappa shape index (κ1) is 17.0. The molecule has 0 atom stereocenters. The molecule has 2 heterocycles. The van der Waals surface area contributed by atoms with E-state index in [0.29, 0.717) is 23.7 Å². The van der Waals surface area contributed by atoms with E-state index in [1.54, 1.807) is 24.5 Å². The molecule has 0 fully saturated rings. The maximum absolute atomic E-state index is 12.6. The lowest BCUT2D eigenvalue weighted by atomic mass is 10.1. The number of nitrogens with zero attached hydrogens (tertiary/aromatic N) is 1. The number of hydrogen-bond donors (Lipinski definition) is 0. The van der Waals surface area contributed by atoms with Gasteiger partial charge in [0.2, 0.25) is 5.78 Å². The van der Waals surface area contributed by atoms with Crippen molar-refractivity contribution in [2.75, 3.05) is 0 Å². The maximum Gasteiger partial charge on any atom is 0.231 e. The molecule has 27 heavy (non-hydrogen) atoms. The number of pyridine rings is 1. The SMILES string of the molecule is Cc1ccccc1COc1ccc2c(c1C)O/C(=C\c1ccncc1)C2=O. The number of ketones is 1. The van der Waals surface area contributed by atoms with Crippen LogP contribution in [0.15, 0.2) is 66.7 Å². The van der Waals surface area contributed by atoms with Gasteiger partial charge >= 0.3 is 0 Å². The van der Waals surface area contributed by atoms with Gasteiger partial charge in [-0.15, -0.1) is 0 Å². The van der Waals surface area contributed by atoms with E-state index in [-0.39, 0.29) is 5.78 Å². The summed E-state index contributed by atoms with van der Waals surface area (Å²) in [4.78, 5) is 16.6. The third-order valence-electron chi connectivity index (χ3n) is 4.68. The fourth-order valence-corrected chi connectivity index (χ4v) is 3.06. The molecule has 1 aromatic heterocycles. The van der Waals surface area contributed by atoms with Crippen LogP contribution in [0, 0.1) is 13.8 Å². The first-order valence-corrected chi connectivity index (χ1v) is 8.78. The van der Waals surface area contributed by atoms with E-state index in [2.05, 4.69) is 18.0 Å². The number of benzene rings is 2. The van der Waals surface area contributed by atoms with Crippen molar-refractivity contribution in [3.8, 4) is 11.5 Å². The number of aromatic nitrogens is 1. The van der Waals surface area contributed by atoms with Crippen LogP contribution in [0.5, 0.6) is 11.5 Å². The summed E-state index contributed by atoms with van der Waals surface area (Å²) >= 11 is 0. The van der Waals surface area contributed by atoms with Crippen molar-refractivity contribution >= 4 is 11.9 Å². The highest BCUT2D eigenvalue weighted by molar-refractivity contribution is 6.14. The zero-order valence-corrected chi connectivity index (χ0v) is 15.2. The Morgan fingerprint density at radius 2 is 1.81 bits per heavy atom. The zero-order chi connectivity index (χ0) is 18.8. The Bertz CT molecular complexity index is 1040. The molecular formula is C23H19NO3. The molecule has 4 heteroatoms. The fraction of sp³-hybridized carbons (Fsp3) is 0.130. The molecule has 134 valence electrons. The summed E-state index contributed by atoms with van der Waals surface area (Å²) in [5, 5.41) is 0. The van der Waals surface area contributed by atoms with Crippen molar-refractivity contribution in [3.63, 3.8) is 0 Å². The van der Waals surface area contributed by atoms with E-state index in [4.69, 9.17) is 9.47 Å². The van der Waals surface area contributed by atoms with Gasteiger partial charge in [-0.2, -0.15) is 0 Å². The number of ether oxygens (including phenoxy) is 2. The molecule has 0 radical (unpaired) electrons. The molecule has 0 aliphatic carbocycles. The first-order valence-electron chi connectivity index (χ1n) is 8.78. The summed E-state index contributed by atoms with van der Waals surface area (Å²) in [7, 11) is 0. The van der Waals surface area contributed by atoms with Crippen LogP contribution >= 0.6 is 0 Å². The number of carbonyl (C=O) groups is 1. The summed E-state index contributed by atoms with van der Waals surface area (Å²) in [5.74, 6) is 1.49. The smallest absolute Gasteiger partial charge is 0.231 e. The van der Waals surface area contributed by atoms with Crippen LogP contribution in [0.1, 0.15) is 32.6 Å². The average molecular weight is 357 g/mol. The average Bonchev–Trinajstić information content (AvgIpc) is 3.00. The van der Waals surface area contributed by atoms with Crippen molar-refractivity contribution < 1.29 is 14.3 Å². The maximum atomic E-state index is 12.6. The summed E-state index contributed by atoms with van der Waals surface area (Å²) in [5.41, 5.74) is 4.58. The topological polar surface area (TPSA) is 48.4 Å². The molecule has 0 N–H and O–H groups in total. The highest BCUT2D eigenvalue weighted by Gasteiger charge is 2.30. The molecule has 4 nitrogen and oxygen atoms in total. The fourth-order valence-electron chi connectivity index (χ4n) is 3.06. The Hall–Kier alpha value is -3.40. The van der Waals surface area contributed by atoms with Crippen LogP contribution in [0.2, 0.25) is 0 Å². The van der Waals surface area contributed by atoms with Gasteiger partial charge in [-0.05, 0) is 60.9 Å². The lowest BCUT2D eigenvalue weighted by molar-refractivity contribution is 0.101. The van der Waals surface area contributed by atoms with Crippen molar-refractivity contribution in [3.05, 3.63) is 94.5 Å². The van der Waals surface area contributed by atoms with Gasteiger partial charge in [-0.1, -0.05) is 24.3 Å². The Balaban J connectivity index is 1.59. The highest BCUT2D eigenvalue weighted by Crippen LogP contribution is 2.39. The van der Waals surface area contributed by atoms with Crippen molar-refractivity contribution in [1.29, 1.82) is 0 Å². The van der Waals surface area contributed by atoms with Gasteiger partial charge in [-0.25, -0.2) is 0 Å². The molecular weight excluding hydrogens is 338 g/mol. The molecule has 4 rings (SSSR count). The number of fused-ring (bicyclic) bond motifs is 1. The second-order valence-corrected chi connectivity index (χ2v) is 6.50. The second-order valence-electron chi connectivity index (χ2n) is 6.50. The summed E-state index contributed by atoms with van der Waals surface area (Å²) in [6, 6.07) is 15.4. The van der Waals surface area contributed by atoms with Crippen LogP contribution in [-0.2, 0) is 6.61 Å². The normalized spacial score (nSPS) is 14.1. The van der Waals surface area contributed by atoms with Gasteiger partial charge in [0, 0.05) is 18.0 Å². The molecule has 0 unspecified atom stereocenters. The Morgan fingerprint density at radius 1 is 1.04 bits per heavy atom. The van der Waals surface area contributed by atoms with Crippen LogP contribution in [0.25, 0.3) is 6.08 Å². The Kier molecular flexibility index (Phi) is 4.47. The van der Waals surface area contributed by atoms with Crippen molar-refractivity contribution in [2.24, 2.45) is 0 Å². The first-order chi connectivity index (χ1) is 13.1. The molecule has 0 saturated carbocycles. The molecule has 2 aromatic carbocycles. The predicted molar refractivity (Wildman–Crippen MR) is 104 cm³/mol. The Morgan fingerprint density at radius 3 is 2.59 bits per heavy atom. The Labute approximate surface area is 158 Å². The quantitative estimate of drug-likeness (QED) is 0.624. The molecule has 3 aromatic rings. The summed E-state index contributed by atoms with van der Waals surface area (Å²) in [6.45, 7) is 4.45. The van der Waals surface area contributed by atoms with Crippen LogP contribution in [0.3, 0.4) is 0 Å². The zero-order valence-electron chi connectivity index (χ0n) is 15.2. The van der Waals surface area contributed by atoms with Gasteiger partial charge < -0.3 is 9.47 Å². The number of carbonyl (C=O) groups excluding carboxylic acids is 1. The number of aryl methyl sites for hydroxylation is 1. The largest absolute Gasteiger partial charge is 0.488 e. The third-order valence-corrected chi connectivity index (χ3v) is 4.68. The minimum Gasteiger partial charge on any atom is -0.488 e.